The van der Waals surface area contributed by atoms with Crippen LogP contribution in [0.15, 0.2) is 18.2 Å². The van der Waals surface area contributed by atoms with Crippen LogP contribution in [-0.4, -0.2) is 40.5 Å². The van der Waals surface area contributed by atoms with E-state index in [2.05, 4.69) is 0 Å². The van der Waals surface area contributed by atoms with Gasteiger partial charge in [0, 0.05) is 30.8 Å². The minimum Gasteiger partial charge on any atom is -0.393 e. The van der Waals surface area contributed by atoms with E-state index < -0.39 is 4.92 Å². The molecule has 1 amide bonds. The van der Waals surface area contributed by atoms with Gasteiger partial charge in [-0.3, -0.25) is 14.9 Å². The highest BCUT2D eigenvalue weighted by Crippen LogP contribution is 2.28. The number of carbonyl (C=O) groups is 1. The first kappa shape index (κ1) is 14.5. The topological polar surface area (TPSA) is 83.7 Å². The van der Waals surface area contributed by atoms with Crippen LogP contribution in [0.3, 0.4) is 0 Å². The van der Waals surface area contributed by atoms with E-state index in [1.54, 1.807) is 24.9 Å². The van der Waals surface area contributed by atoms with Crippen LogP contribution in [0.25, 0.3) is 0 Å². The summed E-state index contributed by atoms with van der Waals surface area (Å²) < 4.78 is 0. The third-order valence-corrected chi connectivity index (χ3v) is 3.82. The van der Waals surface area contributed by atoms with Gasteiger partial charge in [-0.1, -0.05) is 6.07 Å². The van der Waals surface area contributed by atoms with Gasteiger partial charge in [0.1, 0.15) is 0 Å². The fraction of sp³-hybridized carbons (Fsp3) is 0.500. The van der Waals surface area contributed by atoms with Crippen molar-refractivity contribution < 1.29 is 14.8 Å². The number of nitrogens with zero attached hydrogens (tertiary/aromatic N) is 2. The summed E-state index contributed by atoms with van der Waals surface area (Å²) in [4.78, 5) is 24.3. The molecule has 0 spiro atoms. The zero-order valence-electron chi connectivity index (χ0n) is 11.6. The van der Waals surface area contributed by atoms with Crippen molar-refractivity contribution in [2.24, 2.45) is 5.92 Å². The lowest BCUT2D eigenvalue weighted by Crippen LogP contribution is -2.39. The van der Waals surface area contributed by atoms with Gasteiger partial charge in [0.2, 0.25) is 0 Å². The third kappa shape index (κ3) is 2.80. The van der Waals surface area contributed by atoms with Gasteiger partial charge in [0.05, 0.1) is 11.0 Å². The maximum atomic E-state index is 12.3. The highest BCUT2D eigenvalue weighted by Gasteiger charge is 2.30. The molecule has 1 aromatic rings. The molecule has 108 valence electrons. The van der Waals surface area contributed by atoms with Gasteiger partial charge in [-0.05, 0) is 31.7 Å². The highest BCUT2D eigenvalue weighted by atomic mass is 16.6. The lowest BCUT2D eigenvalue weighted by Gasteiger charge is -2.34. The van der Waals surface area contributed by atoms with Crippen LogP contribution in [0.4, 0.5) is 5.69 Å². The Labute approximate surface area is 117 Å². The van der Waals surface area contributed by atoms with E-state index in [-0.39, 0.29) is 17.7 Å². The van der Waals surface area contributed by atoms with E-state index in [1.807, 2.05) is 0 Å². The van der Waals surface area contributed by atoms with Crippen LogP contribution in [0.5, 0.6) is 0 Å². The van der Waals surface area contributed by atoms with Crippen molar-refractivity contribution in [2.45, 2.75) is 25.9 Å². The minimum absolute atomic E-state index is 0.0386. The Hall–Kier alpha value is -1.95. The Morgan fingerprint density at radius 3 is 2.70 bits per heavy atom. The van der Waals surface area contributed by atoms with Crippen molar-refractivity contribution in [2.75, 3.05) is 13.6 Å². The standard InChI is InChI=1S/C14H18N2O4/c1-9-12(4-3-5-13(9)16(19)20)14(18)15(2)8-10-6-11(17)7-10/h3-5,10-11,17H,6-8H2,1-2H3. The number of nitro benzene ring substituents is 1. The van der Waals surface area contributed by atoms with Gasteiger partial charge in [0.15, 0.2) is 0 Å². The fourth-order valence-electron chi connectivity index (χ4n) is 2.58. The molecule has 1 aliphatic carbocycles. The molecule has 1 aliphatic rings. The van der Waals surface area contributed by atoms with E-state index in [0.717, 1.165) is 0 Å². The van der Waals surface area contributed by atoms with Crippen LogP contribution >= 0.6 is 0 Å². The lowest BCUT2D eigenvalue weighted by atomic mass is 9.82. The van der Waals surface area contributed by atoms with E-state index >= 15 is 0 Å². The molecule has 0 saturated heterocycles. The van der Waals surface area contributed by atoms with E-state index in [1.165, 1.54) is 12.1 Å². The highest BCUT2D eigenvalue weighted by molar-refractivity contribution is 5.96. The molecule has 0 radical (unpaired) electrons. The zero-order chi connectivity index (χ0) is 14.9. The minimum atomic E-state index is -0.478. The summed E-state index contributed by atoms with van der Waals surface area (Å²) in [5.74, 6) is 0.102. The molecule has 2 rings (SSSR count). The summed E-state index contributed by atoms with van der Waals surface area (Å²) in [7, 11) is 1.69. The van der Waals surface area contributed by atoms with E-state index in [9.17, 15) is 20.0 Å². The molecule has 0 atom stereocenters. The average molecular weight is 278 g/mol. The Bertz CT molecular complexity index is 538. The molecule has 0 aromatic heterocycles. The molecule has 1 saturated carbocycles. The molecule has 6 nitrogen and oxygen atoms in total. The van der Waals surface area contributed by atoms with Gasteiger partial charge in [-0.2, -0.15) is 0 Å². The maximum Gasteiger partial charge on any atom is 0.273 e. The molecule has 20 heavy (non-hydrogen) atoms. The number of aliphatic hydroxyl groups excluding tert-OH is 1. The summed E-state index contributed by atoms with van der Waals surface area (Å²) in [5.41, 5.74) is 0.716. The summed E-state index contributed by atoms with van der Waals surface area (Å²) in [5, 5.41) is 20.1. The van der Waals surface area contributed by atoms with Crippen molar-refractivity contribution in [1.82, 2.24) is 4.90 Å². The Kier molecular flexibility index (Phi) is 4.04. The second-order valence-electron chi connectivity index (χ2n) is 5.38. The molecule has 0 aliphatic heterocycles. The molecular weight excluding hydrogens is 260 g/mol. The Balaban J connectivity index is 2.12. The first-order chi connectivity index (χ1) is 9.40. The summed E-state index contributed by atoms with van der Waals surface area (Å²) >= 11 is 0. The normalized spacial score (nSPS) is 21.1. The molecule has 6 heteroatoms. The smallest absolute Gasteiger partial charge is 0.273 e. The Morgan fingerprint density at radius 1 is 1.50 bits per heavy atom. The van der Waals surface area contributed by atoms with Crippen molar-refractivity contribution in [3.63, 3.8) is 0 Å². The van der Waals surface area contributed by atoms with Gasteiger partial charge in [-0.25, -0.2) is 0 Å². The van der Waals surface area contributed by atoms with Gasteiger partial charge in [-0.15, -0.1) is 0 Å². The lowest BCUT2D eigenvalue weighted by molar-refractivity contribution is -0.385. The van der Waals surface area contributed by atoms with Gasteiger partial charge in [0.25, 0.3) is 11.6 Å². The number of hydrogen-bond acceptors (Lipinski definition) is 4. The molecule has 1 N–H and O–H groups in total. The number of hydrogen-bond donors (Lipinski definition) is 1. The number of aliphatic hydroxyl groups is 1. The molecule has 1 aromatic carbocycles. The van der Waals surface area contributed by atoms with Crippen LogP contribution in [0, 0.1) is 23.0 Å². The van der Waals surface area contributed by atoms with Crippen molar-refractivity contribution in [3.05, 3.63) is 39.4 Å². The largest absolute Gasteiger partial charge is 0.393 e. The van der Waals surface area contributed by atoms with Crippen molar-refractivity contribution in [3.8, 4) is 0 Å². The predicted octanol–water partition coefficient (Wildman–Crippen LogP) is 1.75. The van der Waals surface area contributed by atoms with E-state index in [4.69, 9.17) is 0 Å². The van der Waals surface area contributed by atoms with Gasteiger partial charge >= 0.3 is 0 Å². The monoisotopic (exact) mass is 278 g/mol. The molecule has 1 fully saturated rings. The summed E-state index contributed by atoms with van der Waals surface area (Å²) in [6.07, 6.45) is 1.18. The van der Waals surface area contributed by atoms with Crippen molar-refractivity contribution >= 4 is 11.6 Å². The van der Waals surface area contributed by atoms with Crippen LogP contribution in [0.1, 0.15) is 28.8 Å². The molecular formula is C14H18N2O4. The zero-order valence-corrected chi connectivity index (χ0v) is 11.6. The van der Waals surface area contributed by atoms with E-state index in [0.29, 0.717) is 36.4 Å². The summed E-state index contributed by atoms with van der Waals surface area (Å²) in [6, 6.07) is 4.53. The van der Waals surface area contributed by atoms with Crippen LogP contribution in [-0.2, 0) is 0 Å². The SMILES string of the molecule is Cc1c(C(=O)N(C)CC2CC(O)C2)cccc1[N+](=O)[O-]. The second kappa shape index (κ2) is 5.58. The first-order valence-electron chi connectivity index (χ1n) is 6.57. The molecule has 0 heterocycles. The van der Waals surface area contributed by atoms with Crippen LogP contribution in [0.2, 0.25) is 0 Å². The number of nitro groups is 1. The fourth-order valence-corrected chi connectivity index (χ4v) is 2.58. The first-order valence-corrected chi connectivity index (χ1v) is 6.57. The second-order valence-corrected chi connectivity index (χ2v) is 5.38. The quantitative estimate of drug-likeness (QED) is 0.671. The number of amides is 1. The summed E-state index contributed by atoms with van der Waals surface area (Å²) in [6.45, 7) is 2.16. The predicted molar refractivity (Wildman–Crippen MR) is 73.5 cm³/mol. The van der Waals surface area contributed by atoms with Gasteiger partial charge < -0.3 is 10.0 Å². The maximum absolute atomic E-state index is 12.3. The number of carbonyl (C=O) groups excluding carboxylic acids is 1. The number of rotatable bonds is 4. The Morgan fingerprint density at radius 2 is 2.15 bits per heavy atom. The third-order valence-electron chi connectivity index (χ3n) is 3.82. The molecule has 0 unspecified atom stereocenters. The van der Waals surface area contributed by atoms with Crippen molar-refractivity contribution in [1.29, 1.82) is 0 Å². The average Bonchev–Trinajstić information content (AvgIpc) is 2.36. The van der Waals surface area contributed by atoms with Crippen LogP contribution < -0.4 is 0 Å². The molecule has 0 bridgehead atoms. The number of benzene rings is 1.